The van der Waals surface area contributed by atoms with Crippen molar-refractivity contribution in [2.45, 2.75) is 25.1 Å². The molecule has 0 atom stereocenters. The molecule has 2 aromatic carbocycles. The Balaban J connectivity index is 1.34. The number of amides is 1. The molecule has 6 heteroatoms. The van der Waals surface area contributed by atoms with Gasteiger partial charge in [0.15, 0.2) is 5.58 Å². The van der Waals surface area contributed by atoms with Crippen molar-refractivity contribution < 1.29 is 9.21 Å². The number of rotatable bonds is 9. The number of thioether (sulfide) groups is 1. The van der Waals surface area contributed by atoms with Crippen LogP contribution in [0.2, 0.25) is 0 Å². The van der Waals surface area contributed by atoms with Gasteiger partial charge in [-0.05, 0) is 24.1 Å². The molecule has 1 aromatic heterocycles. The zero-order chi connectivity index (χ0) is 18.2. The van der Waals surface area contributed by atoms with Gasteiger partial charge in [0.25, 0.3) is 0 Å². The molecule has 3 aromatic rings. The molecule has 136 valence electrons. The van der Waals surface area contributed by atoms with E-state index in [1.54, 1.807) is 22.4 Å². The summed E-state index contributed by atoms with van der Waals surface area (Å²) in [6.07, 6.45) is 1.00. The SMILES string of the molecule is O=C(CCCn1c(=O)oc2ccccc21)NCCSCc1ccccc1. The maximum Gasteiger partial charge on any atom is 0.419 e. The minimum absolute atomic E-state index is 0.0196. The van der Waals surface area contributed by atoms with Crippen LogP contribution in [0.5, 0.6) is 0 Å². The first-order valence-electron chi connectivity index (χ1n) is 8.71. The zero-order valence-corrected chi connectivity index (χ0v) is 15.3. The number of para-hydroxylation sites is 2. The normalized spacial score (nSPS) is 10.9. The van der Waals surface area contributed by atoms with E-state index in [9.17, 15) is 9.59 Å². The molecule has 0 bridgehead atoms. The maximum absolute atomic E-state index is 11.9. The number of carbonyl (C=O) groups excluding carboxylic acids is 1. The number of aromatic nitrogens is 1. The Kier molecular flexibility index (Phi) is 6.55. The molecule has 1 N–H and O–H groups in total. The van der Waals surface area contributed by atoms with E-state index in [1.165, 1.54) is 5.56 Å². The molecule has 0 fully saturated rings. The minimum Gasteiger partial charge on any atom is -0.408 e. The second-order valence-electron chi connectivity index (χ2n) is 5.98. The van der Waals surface area contributed by atoms with Gasteiger partial charge in [0, 0.05) is 31.0 Å². The third-order valence-electron chi connectivity index (χ3n) is 4.04. The van der Waals surface area contributed by atoms with Gasteiger partial charge in [-0.25, -0.2) is 4.79 Å². The quantitative estimate of drug-likeness (QED) is 0.586. The lowest BCUT2D eigenvalue weighted by atomic mass is 10.2. The summed E-state index contributed by atoms with van der Waals surface area (Å²) in [5.74, 6) is 1.48. The summed E-state index contributed by atoms with van der Waals surface area (Å²) >= 11 is 1.80. The van der Waals surface area contributed by atoms with Gasteiger partial charge in [-0.2, -0.15) is 11.8 Å². The van der Waals surface area contributed by atoms with Gasteiger partial charge in [-0.15, -0.1) is 0 Å². The van der Waals surface area contributed by atoms with Gasteiger partial charge >= 0.3 is 5.76 Å². The Bertz CT molecular complexity index is 902. The molecular formula is C20H22N2O3S. The molecule has 0 saturated carbocycles. The standard InChI is InChI=1S/C20H22N2O3S/c23-19(21-12-14-26-15-16-7-2-1-3-8-16)11-6-13-22-17-9-4-5-10-18(17)25-20(22)24/h1-5,7-10H,6,11-15H2,(H,21,23). The van der Waals surface area contributed by atoms with Crippen LogP contribution in [0, 0.1) is 0 Å². The van der Waals surface area contributed by atoms with Crippen LogP contribution in [0.4, 0.5) is 0 Å². The lowest BCUT2D eigenvalue weighted by molar-refractivity contribution is -0.121. The highest BCUT2D eigenvalue weighted by atomic mass is 32.2. The maximum atomic E-state index is 11.9. The number of hydrogen-bond donors (Lipinski definition) is 1. The van der Waals surface area contributed by atoms with E-state index < -0.39 is 0 Å². The molecule has 0 spiro atoms. The average molecular weight is 370 g/mol. The van der Waals surface area contributed by atoms with Crippen LogP contribution >= 0.6 is 11.8 Å². The molecule has 5 nitrogen and oxygen atoms in total. The van der Waals surface area contributed by atoms with Crippen LogP contribution in [-0.4, -0.2) is 22.8 Å². The summed E-state index contributed by atoms with van der Waals surface area (Å²) in [6, 6.07) is 17.6. The Morgan fingerprint density at radius 2 is 1.85 bits per heavy atom. The molecule has 0 aliphatic rings. The lowest BCUT2D eigenvalue weighted by Gasteiger charge is -2.06. The van der Waals surface area contributed by atoms with Gasteiger partial charge < -0.3 is 9.73 Å². The third-order valence-corrected chi connectivity index (χ3v) is 5.07. The molecule has 26 heavy (non-hydrogen) atoms. The van der Waals surface area contributed by atoms with E-state index in [-0.39, 0.29) is 11.7 Å². The van der Waals surface area contributed by atoms with Gasteiger partial charge in [0.2, 0.25) is 5.91 Å². The predicted molar refractivity (Wildman–Crippen MR) is 105 cm³/mol. The number of nitrogens with zero attached hydrogens (tertiary/aromatic N) is 1. The number of hydrogen-bond acceptors (Lipinski definition) is 4. The Morgan fingerprint density at radius 3 is 2.69 bits per heavy atom. The third kappa shape index (κ3) is 5.02. The molecular weight excluding hydrogens is 348 g/mol. The smallest absolute Gasteiger partial charge is 0.408 e. The first-order valence-corrected chi connectivity index (χ1v) is 9.86. The van der Waals surface area contributed by atoms with Crippen molar-refractivity contribution in [1.29, 1.82) is 0 Å². The Hall–Kier alpha value is -2.47. The van der Waals surface area contributed by atoms with Crippen LogP contribution in [0.25, 0.3) is 11.1 Å². The fourth-order valence-corrected chi connectivity index (χ4v) is 3.56. The van der Waals surface area contributed by atoms with Crippen LogP contribution in [-0.2, 0) is 17.1 Å². The van der Waals surface area contributed by atoms with Crippen LogP contribution in [0.3, 0.4) is 0 Å². The zero-order valence-electron chi connectivity index (χ0n) is 14.5. The van der Waals surface area contributed by atoms with Crippen molar-refractivity contribution in [3.8, 4) is 0 Å². The summed E-state index contributed by atoms with van der Waals surface area (Å²) in [5.41, 5.74) is 2.65. The number of oxazole rings is 1. The van der Waals surface area contributed by atoms with Gasteiger partial charge in [-0.3, -0.25) is 9.36 Å². The summed E-state index contributed by atoms with van der Waals surface area (Å²) in [7, 11) is 0. The van der Waals surface area contributed by atoms with Crippen molar-refractivity contribution in [1.82, 2.24) is 9.88 Å². The van der Waals surface area contributed by atoms with Crippen molar-refractivity contribution in [3.05, 3.63) is 70.7 Å². The minimum atomic E-state index is -0.371. The molecule has 0 radical (unpaired) electrons. The highest BCUT2D eigenvalue weighted by Crippen LogP contribution is 2.13. The second kappa shape index (κ2) is 9.29. The van der Waals surface area contributed by atoms with Gasteiger partial charge in [0.1, 0.15) is 0 Å². The Morgan fingerprint density at radius 1 is 1.08 bits per heavy atom. The average Bonchev–Trinajstić information content (AvgIpc) is 2.98. The fraction of sp³-hybridized carbons (Fsp3) is 0.300. The van der Waals surface area contributed by atoms with E-state index in [4.69, 9.17) is 4.42 Å². The Labute approximate surface area is 156 Å². The number of fused-ring (bicyclic) bond motifs is 1. The first-order chi connectivity index (χ1) is 12.7. The largest absolute Gasteiger partial charge is 0.419 e. The van der Waals surface area contributed by atoms with E-state index in [1.807, 2.05) is 36.4 Å². The van der Waals surface area contributed by atoms with Gasteiger partial charge in [-0.1, -0.05) is 42.5 Å². The second-order valence-corrected chi connectivity index (χ2v) is 7.08. The van der Waals surface area contributed by atoms with E-state index >= 15 is 0 Å². The van der Waals surface area contributed by atoms with E-state index in [2.05, 4.69) is 17.4 Å². The molecule has 0 unspecified atom stereocenters. The van der Waals surface area contributed by atoms with E-state index in [0.29, 0.717) is 31.5 Å². The van der Waals surface area contributed by atoms with Crippen molar-refractivity contribution in [2.24, 2.45) is 0 Å². The first kappa shape index (κ1) is 18.3. The van der Waals surface area contributed by atoms with Crippen molar-refractivity contribution in [3.63, 3.8) is 0 Å². The molecule has 0 aliphatic carbocycles. The number of carbonyl (C=O) groups is 1. The van der Waals surface area contributed by atoms with Crippen LogP contribution < -0.4 is 11.1 Å². The predicted octanol–water partition coefficient (Wildman–Crippen LogP) is 3.42. The highest BCUT2D eigenvalue weighted by molar-refractivity contribution is 7.98. The van der Waals surface area contributed by atoms with E-state index in [0.717, 1.165) is 17.0 Å². The van der Waals surface area contributed by atoms with Crippen molar-refractivity contribution >= 4 is 28.8 Å². The monoisotopic (exact) mass is 370 g/mol. The number of aryl methyl sites for hydroxylation is 1. The summed E-state index contributed by atoms with van der Waals surface area (Å²) in [4.78, 5) is 23.8. The molecule has 3 rings (SSSR count). The fourth-order valence-electron chi connectivity index (χ4n) is 2.74. The highest BCUT2D eigenvalue weighted by Gasteiger charge is 2.09. The van der Waals surface area contributed by atoms with Crippen LogP contribution in [0.1, 0.15) is 18.4 Å². The topological polar surface area (TPSA) is 64.2 Å². The lowest BCUT2D eigenvalue weighted by Crippen LogP contribution is -2.26. The molecule has 1 amide bonds. The summed E-state index contributed by atoms with van der Waals surface area (Å²) < 4.78 is 6.77. The van der Waals surface area contributed by atoms with Crippen LogP contribution in [0.15, 0.2) is 63.8 Å². The number of nitrogens with one attached hydrogen (secondary N) is 1. The van der Waals surface area contributed by atoms with Gasteiger partial charge in [0.05, 0.1) is 5.52 Å². The summed E-state index contributed by atoms with van der Waals surface area (Å²) in [6.45, 7) is 1.14. The molecule has 0 saturated heterocycles. The molecule has 0 aliphatic heterocycles. The number of benzene rings is 2. The van der Waals surface area contributed by atoms with Crippen molar-refractivity contribution in [2.75, 3.05) is 12.3 Å². The molecule has 1 heterocycles. The summed E-state index contributed by atoms with van der Waals surface area (Å²) in [5, 5.41) is 2.93.